The fourth-order valence-corrected chi connectivity index (χ4v) is 3.64. The SMILES string of the molecule is C[C@H](Nc1ccc(N2CCCCCC2)cc1)C(=O)Nc1ccc2c(c1)OCO2. The van der Waals surface area contributed by atoms with Crippen LogP contribution in [0.3, 0.4) is 0 Å². The number of ether oxygens (including phenoxy) is 2. The molecule has 2 aromatic rings. The Kier molecular flexibility index (Phi) is 5.55. The molecule has 2 aliphatic rings. The minimum atomic E-state index is -0.366. The summed E-state index contributed by atoms with van der Waals surface area (Å²) in [4.78, 5) is 15.0. The van der Waals surface area contributed by atoms with Gasteiger partial charge in [-0.25, -0.2) is 0 Å². The summed E-state index contributed by atoms with van der Waals surface area (Å²) >= 11 is 0. The van der Waals surface area contributed by atoms with E-state index in [2.05, 4.69) is 27.7 Å². The van der Waals surface area contributed by atoms with E-state index in [1.54, 1.807) is 12.1 Å². The molecule has 0 unspecified atom stereocenters. The molecule has 6 heteroatoms. The van der Waals surface area contributed by atoms with E-state index >= 15 is 0 Å². The van der Waals surface area contributed by atoms with E-state index in [4.69, 9.17) is 9.47 Å². The minimum Gasteiger partial charge on any atom is -0.454 e. The number of nitrogens with zero attached hydrogens (tertiary/aromatic N) is 1. The van der Waals surface area contributed by atoms with E-state index in [-0.39, 0.29) is 18.7 Å². The molecule has 1 amide bonds. The van der Waals surface area contributed by atoms with Crippen molar-refractivity contribution in [3.8, 4) is 11.5 Å². The first-order chi connectivity index (χ1) is 13.7. The molecule has 1 fully saturated rings. The molecule has 0 radical (unpaired) electrons. The van der Waals surface area contributed by atoms with Crippen molar-refractivity contribution in [2.24, 2.45) is 0 Å². The van der Waals surface area contributed by atoms with E-state index in [0.717, 1.165) is 18.8 Å². The van der Waals surface area contributed by atoms with E-state index in [9.17, 15) is 4.79 Å². The molecule has 28 heavy (non-hydrogen) atoms. The van der Waals surface area contributed by atoms with E-state index in [1.807, 2.05) is 25.1 Å². The largest absolute Gasteiger partial charge is 0.454 e. The molecule has 6 nitrogen and oxygen atoms in total. The van der Waals surface area contributed by atoms with Crippen LogP contribution in [-0.4, -0.2) is 31.8 Å². The Balaban J connectivity index is 1.33. The van der Waals surface area contributed by atoms with Crippen LogP contribution < -0.4 is 25.0 Å². The van der Waals surface area contributed by atoms with Crippen molar-refractivity contribution < 1.29 is 14.3 Å². The summed E-state index contributed by atoms with van der Waals surface area (Å²) in [5.74, 6) is 1.26. The quantitative estimate of drug-likeness (QED) is 0.811. The standard InChI is InChI=1S/C22H27N3O3/c1-16(22(26)24-18-8-11-20-21(14-18)28-15-27-20)23-17-6-9-19(10-7-17)25-12-4-2-3-5-13-25/h6-11,14,16,23H,2-5,12-13,15H2,1H3,(H,24,26)/t16-/m0/s1. The first-order valence-corrected chi connectivity index (χ1v) is 10.0. The zero-order valence-electron chi connectivity index (χ0n) is 16.2. The van der Waals surface area contributed by atoms with Crippen molar-refractivity contribution in [2.75, 3.05) is 35.4 Å². The summed E-state index contributed by atoms with van der Waals surface area (Å²) in [6.45, 7) is 4.32. The van der Waals surface area contributed by atoms with Gasteiger partial charge in [-0.15, -0.1) is 0 Å². The van der Waals surface area contributed by atoms with Crippen LogP contribution >= 0.6 is 0 Å². The lowest BCUT2D eigenvalue weighted by Crippen LogP contribution is -2.31. The van der Waals surface area contributed by atoms with Crippen LogP contribution in [0.1, 0.15) is 32.6 Å². The van der Waals surface area contributed by atoms with Crippen LogP contribution in [0.5, 0.6) is 11.5 Å². The zero-order chi connectivity index (χ0) is 19.3. The summed E-state index contributed by atoms with van der Waals surface area (Å²) in [5, 5.41) is 6.19. The Morgan fingerprint density at radius 1 is 0.929 bits per heavy atom. The highest BCUT2D eigenvalue weighted by Crippen LogP contribution is 2.34. The Labute approximate surface area is 165 Å². The van der Waals surface area contributed by atoms with E-state index < -0.39 is 0 Å². The topological polar surface area (TPSA) is 62.8 Å². The van der Waals surface area contributed by atoms with E-state index in [0.29, 0.717) is 17.2 Å². The number of hydrogen-bond donors (Lipinski definition) is 2. The average molecular weight is 381 g/mol. The van der Waals surface area contributed by atoms with Crippen molar-refractivity contribution in [1.29, 1.82) is 0 Å². The number of anilines is 3. The molecule has 0 saturated carbocycles. The van der Waals surface area contributed by atoms with Gasteiger partial charge in [0, 0.05) is 36.2 Å². The fourth-order valence-electron chi connectivity index (χ4n) is 3.64. The highest BCUT2D eigenvalue weighted by atomic mass is 16.7. The normalized spacial score (nSPS) is 17.0. The number of amides is 1. The van der Waals surface area contributed by atoms with Gasteiger partial charge in [-0.2, -0.15) is 0 Å². The molecule has 4 rings (SSSR count). The molecule has 148 valence electrons. The molecule has 1 saturated heterocycles. The number of carbonyl (C=O) groups is 1. The third-order valence-corrected chi connectivity index (χ3v) is 5.26. The Morgan fingerprint density at radius 2 is 1.61 bits per heavy atom. The summed E-state index contributed by atoms with van der Waals surface area (Å²) in [6.07, 6.45) is 5.17. The average Bonchev–Trinajstić information content (AvgIpc) is 3.00. The minimum absolute atomic E-state index is 0.101. The van der Waals surface area contributed by atoms with Gasteiger partial charge in [-0.1, -0.05) is 12.8 Å². The zero-order valence-corrected chi connectivity index (χ0v) is 16.2. The van der Waals surface area contributed by atoms with Crippen molar-refractivity contribution >= 4 is 23.0 Å². The number of benzene rings is 2. The third kappa shape index (κ3) is 4.32. The summed E-state index contributed by atoms with van der Waals surface area (Å²) in [6, 6.07) is 13.4. The molecule has 2 aromatic carbocycles. The van der Waals surface area contributed by atoms with Crippen LogP contribution in [0.25, 0.3) is 0 Å². The number of fused-ring (bicyclic) bond motifs is 1. The lowest BCUT2D eigenvalue weighted by Gasteiger charge is -2.23. The molecule has 2 N–H and O–H groups in total. The van der Waals surface area contributed by atoms with Gasteiger partial charge in [-0.05, 0) is 56.2 Å². The second-order valence-electron chi connectivity index (χ2n) is 7.37. The molecule has 0 aromatic heterocycles. The van der Waals surface area contributed by atoms with Crippen LogP contribution in [0, 0.1) is 0 Å². The van der Waals surface area contributed by atoms with Gasteiger partial charge in [0.25, 0.3) is 0 Å². The smallest absolute Gasteiger partial charge is 0.246 e. The molecule has 1 atom stereocenters. The summed E-state index contributed by atoms with van der Waals surface area (Å²) in [7, 11) is 0. The predicted octanol–water partition coefficient (Wildman–Crippen LogP) is 4.23. The molecule has 0 spiro atoms. The third-order valence-electron chi connectivity index (χ3n) is 5.26. The molecule has 2 heterocycles. The van der Waals surface area contributed by atoms with Crippen LogP contribution in [0.4, 0.5) is 17.1 Å². The van der Waals surface area contributed by atoms with Gasteiger partial charge in [-0.3, -0.25) is 4.79 Å². The van der Waals surface area contributed by atoms with Crippen molar-refractivity contribution in [3.05, 3.63) is 42.5 Å². The summed E-state index contributed by atoms with van der Waals surface area (Å²) in [5.41, 5.74) is 2.89. The molecular formula is C22H27N3O3. The van der Waals surface area contributed by atoms with Gasteiger partial charge in [0.2, 0.25) is 12.7 Å². The molecule has 2 aliphatic heterocycles. The highest BCUT2D eigenvalue weighted by molar-refractivity contribution is 5.96. The maximum Gasteiger partial charge on any atom is 0.246 e. The van der Waals surface area contributed by atoms with Crippen LogP contribution in [-0.2, 0) is 4.79 Å². The molecular weight excluding hydrogens is 354 g/mol. The van der Waals surface area contributed by atoms with Gasteiger partial charge in [0.05, 0.1) is 0 Å². The lowest BCUT2D eigenvalue weighted by atomic mass is 10.2. The number of rotatable bonds is 5. The van der Waals surface area contributed by atoms with Crippen molar-refractivity contribution in [2.45, 2.75) is 38.6 Å². The molecule has 0 aliphatic carbocycles. The van der Waals surface area contributed by atoms with E-state index in [1.165, 1.54) is 31.4 Å². The Morgan fingerprint density at radius 3 is 2.36 bits per heavy atom. The van der Waals surface area contributed by atoms with Crippen LogP contribution in [0.2, 0.25) is 0 Å². The van der Waals surface area contributed by atoms with Gasteiger partial charge >= 0.3 is 0 Å². The Bertz CT molecular complexity index is 814. The number of nitrogens with one attached hydrogen (secondary N) is 2. The number of hydrogen-bond acceptors (Lipinski definition) is 5. The fraction of sp³-hybridized carbons (Fsp3) is 0.409. The monoisotopic (exact) mass is 381 g/mol. The van der Waals surface area contributed by atoms with Crippen LogP contribution in [0.15, 0.2) is 42.5 Å². The second kappa shape index (κ2) is 8.42. The highest BCUT2D eigenvalue weighted by Gasteiger charge is 2.17. The van der Waals surface area contributed by atoms with Crippen molar-refractivity contribution in [1.82, 2.24) is 0 Å². The number of carbonyl (C=O) groups excluding carboxylic acids is 1. The second-order valence-corrected chi connectivity index (χ2v) is 7.37. The maximum atomic E-state index is 12.5. The lowest BCUT2D eigenvalue weighted by molar-refractivity contribution is -0.116. The molecule has 0 bridgehead atoms. The van der Waals surface area contributed by atoms with Gasteiger partial charge in [0.15, 0.2) is 11.5 Å². The summed E-state index contributed by atoms with van der Waals surface area (Å²) < 4.78 is 10.6. The van der Waals surface area contributed by atoms with Gasteiger partial charge < -0.3 is 25.0 Å². The van der Waals surface area contributed by atoms with Gasteiger partial charge in [0.1, 0.15) is 6.04 Å². The first-order valence-electron chi connectivity index (χ1n) is 10.0. The Hall–Kier alpha value is -2.89. The first kappa shape index (κ1) is 18.5. The van der Waals surface area contributed by atoms with Crippen molar-refractivity contribution in [3.63, 3.8) is 0 Å². The maximum absolute atomic E-state index is 12.5. The predicted molar refractivity (Wildman–Crippen MR) is 111 cm³/mol.